The minimum Gasteiger partial charge on any atom is -0.442 e. The first-order chi connectivity index (χ1) is 14.4. The number of halogens is 1. The normalized spacial score (nSPS) is 20.7. The molecule has 2 atom stereocenters. The summed E-state index contributed by atoms with van der Waals surface area (Å²) in [5.41, 5.74) is 1.53. The number of thiophene rings is 1. The van der Waals surface area contributed by atoms with Crippen LogP contribution in [-0.4, -0.2) is 54.7 Å². The molecule has 2 amide bonds. The lowest BCUT2D eigenvalue weighted by atomic mass is 10.1. The molecule has 4 rings (SSSR count). The molecule has 1 aromatic heterocycles. The third-order valence-electron chi connectivity index (χ3n) is 4.81. The molecule has 2 aliphatic heterocycles. The molecule has 1 saturated heterocycles. The van der Waals surface area contributed by atoms with Crippen LogP contribution in [0.2, 0.25) is 0 Å². The van der Waals surface area contributed by atoms with Crippen LogP contribution >= 0.6 is 11.3 Å². The van der Waals surface area contributed by atoms with Crippen molar-refractivity contribution in [3.05, 3.63) is 41.0 Å². The molecule has 2 N–H and O–H groups in total. The predicted molar refractivity (Wildman–Crippen MR) is 109 cm³/mol. The van der Waals surface area contributed by atoms with Gasteiger partial charge in [-0.05, 0) is 30.3 Å². The molecule has 1 fully saturated rings. The number of rotatable bonds is 6. The molecule has 8 nitrogen and oxygen atoms in total. The summed E-state index contributed by atoms with van der Waals surface area (Å²) in [7, 11) is 0. The lowest BCUT2D eigenvalue weighted by Gasteiger charge is -2.14. The number of benzene rings is 1. The summed E-state index contributed by atoms with van der Waals surface area (Å²) in [5, 5.41) is 15.7. The van der Waals surface area contributed by atoms with E-state index in [9.17, 15) is 14.0 Å². The van der Waals surface area contributed by atoms with Crippen LogP contribution in [0.1, 0.15) is 18.2 Å². The van der Waals surface area contributed by atoms with Gasteiger partial charge in [-0.2, -0.15) is 0 Å². The molecule has 0 radical (unpaired) electrons. The molecular formula is C20H20FN3O5S. The van der Waals surface area contributed by atoms with Gasteiger partial charge in [0.05, 0.1) is 30.3 Å². The predicted octanol–water partition coefficient (Wildman–Crippen LogP) is 2.50. The van der Waals surface area contributed by atoms with Crippen molar-refractivity contribution in [1.82, 2.24) is 5.32 Å². The molecule has 2 aliphatic rings. The van der Waals surface area contributed by atoms with Crippen molar-refractivity contribution in [3.8, 4) is 10.4 Å². The van der Waals surface area contributed by atoms with Gasteiger partial charge < -0.3 is 20.0 Å². The van der Waals surface area contributed by atoms with E-state index in [0.717, 1.165) is 15.5 Å². The highest BCUT2D eigenvalue weighted by atomic mass is 32.1. The number of cyclic esters (lactones) is 1. The van der Waals surface area contributed by atoms with Gasteiger partial charge in [0, 0.05) is 23.8 Å². The maximum absolute atomic E-state index is 14.9. The highest BCUT2D eigenvalue weighted by Gasteiger charge is 2.33. The number of anilines is 1. The van der Waals surface area contributed by atoms with Gasteiger partial charge in [0.2, 0.25) is 5.91 Å². The number of carbonyl (C=O) groups is 2. The maximum Gasteiger partial charge on any atom is 0.414 e. The summed E-state index contributed by atoms with van der Waals surface area (Å²) in [4.78, 5) is 31.2. The Morgan fingerprint density at radius 2 is 2.13 bits per heavy atom. The third-order valence-corrected chi connectivity index (χ3v) is 5.98. The molecule has 1 aromatic carbocycles. The van der Waals surface area contributed by atoms with Gasteiger partial charge in [-0.25, -0.2) is 9.18 Å². The Bertz CT molecular complexity index is 1010. The van der Waals surface area contributed by atoms with Crippen LogP contribution in [0.15, 0.2) is 35.5 Å². The Labute approximate surface area is 175 Å². The number of ether oxygens (including phenoxy) is 1. The number of carbonyl (C=O) groups excluding carboxylic acids is 2. The van der Waals surface area contributed by atoms with Crippen LogP contribution < -0.4 is 10.2 Å². The van der Waals surface area contributed by atoms with E-state index in [0.29, 0.717) is 17.7 Å². The minimum atomic E-state index is -0.575. The first-order valence-electron chi connectivity index (χ1n) is 9.41. The molecule has 2 aromatic rings. The zero-order valence-electron chi connectivity index (χ0n) is 16.1. The van der Waals surface area contributed by atoms with E-state index in [1.54, 1.807) is 18.2 Å². The largest absolute Gasteiger partial charge is 0.442 e. The van der Waals surface area contributed by atoms with Crippen LogP contribution in [0.5, 0.6) is 0 Å². The van der Waals surface area contributed by atoms with Crippen LogP contribution in [0.3, 0.4) is 0 Å². The summed E-state index contributed by atoms with van der Waals surface area (Å²) >= 11 is 1.38. The van der Waals surface area contributed by atoms with Gasteiger partial charge in [0.25, 0.3) is 0 Å². The van der Waals surface area contributed by atoms with Crippen molar-refractivity contribution < 1.29 is 28.7 Å². The zero-order valence-corrected chi connectivity index (χ0v) is 16.9. The fraction of sp³-hybridized carbons (Fsp3) is 0.350. The SMILES string of the molecule is CC(=O)NC[C@H]1CN(c2ccc(-c3ccc(C4=NOC(CO)C4)s3)c(F)c2)C(=O)O1. The molecule has 30 heavy (non-hydrogen) atoms. The number of oxime groups is 1. The molecule has 1 unspecified atom stereocenters. The third kappa shape index (κ3) is 4.14. The Kier molecular flexibility index (Phi) is 5.69. The Balaban J connectivity index is 1.48. The summed E-state index contributed by atoms with van der Waals surface area (Å²) in [6.45, 7) is 1.72. The number of amides is 2. The lowest BCUT2D eigenvalue weighted by Crippen LogP contribution is -2.33. The van der Waals surface area contributed by atoms with Crippen LogP contribution in [0.25, 0.3) is 10.4 Å². The van der Waals surface area contributed by atoms with Crippen molar-refractivity contribution in [2.75, 3.05) is 24.6 Å². The fourth-order valence-electron chi connectivity index (χ4n) is 3.28. The van der Waals surface area contributed by atoms with Crippen LogP contribution in [-0.2, 0) is 14.4 Å². The molecule has 0 saturated carbocycles. The quantitative estimate of drug-likeness (QED) is 0.729. The molecule has 0 spiro atoms. The Hall–Kier alpha value is -2.98. The summed E-state index contributed by atoms with van der Waals surface area (Å²) in [6.07, 6.45) is -0.889. The second kappa shape index (κ2) is 8.41. The smallest absolute Gasteiger partial charge is 0.414 e. The first kappa shape index (κ1) is 20.3. The monoisotopic (exact) mass is 433 g/mol. The van der Waals surface area contributed by atoms with Crippen molar-refractivity contribution in [1.29, 1.82) is 0 Å². The summed E-state index contributed by atoms with van der Waals surface area (Å²) in [5.74, 6) is -0.672. The Morgan fingerprint density at radius 3 is 2.83 bits per heavy atom. The summed E-state index contributed by atoms with van der Waals surface area (Å²) in [6, 6.07) is 8.24. The average molecular weight is 433 g/mol. The van der Waals surface area contributed by atoms with Crippen molar-refractivity contribution in [2.24, 2.45) is 5.16 Å². The minimum absolute atomic E-state index is 0.105. The van der Waals surface area contributed by atoms with Crippen molar-refractivity contribution >= 4 is 34.7 Å². The number of nitrogens with one attached hydrogen (secondary N) is 1. The average Bonchev–Trinajstić information content (AvgIpc) is 3.45. The van der Waals surface area contributed by atoms with Gasteiger partial charge >= 0.3 is 6.09 Å². The first-order valence-corrected chi connectivity index (χ1v) is 10.2. The van der Waals surface area contributed by atoms with Gasteiger partial charge in [-0.1, -0.05) is 5.16 Å². The standard InChI is InChI=1S/C20H20FN3O5S/c1-11(26)22-8-14-9-24(20(27)28-14)12-2-3-15(16(21)6-12)18-4-5-19(30-18)17-7-13(10-25)29-23-17/h2-6,13-14,25H,7-10H2,1H3,(H,22,26)/t13?,14-/m0/s1. The number of hydrogen-bond acceptors (Lipinski definition) is 7. The maximum atomic E-state index is 14.9. The number of nitrogens with zero attached hydrogens (tertiary/aromatic N) is 2. The van der Waals surface area contributed by atoms with E-state index >= 15 is 0 Å². The van der Waals surface area contributed by atoms with E-state index in [1.165, 1.54) is 29.2 Å². The summed E-state index contributed by atoms with van der Waals surface area (Å²) < 4.78 is 20.1. The Morgan fingerprint density at radius 1 is 1.33 bits per heavy atom. The van der Waals surface area contributed by atoms with E-state index in [4.69, 9.17) is 14.7 Å². The molecule has 0 bridgehead atoms. The lowest BCUT2D eigenvalue weighted by molar-refractivity contribution is -0.119. The molecule has 10 heteroatoms. The van der Waals surface area contributed by atoms with Gasteiger partial charge in [-0.3, -0.25) is 9.69 Å². The van der Waals surface area contributed by atoms with Gasteiger partial charge in [0.1, 0.15) is 17.6 Å². The molecule has 158 valence electrons. The molecule has 3 heterocycles. The van der Waals surface area contributed by atoms with Crippen LogP contribution in [0.4, 0.5) is 14.9 Å². The zero-order chi connectivity index (χ0) is 21.3. The van der Waals surface area contributed by atoms with E-state index in [-0.39, 0.29) is 31.7 Å². The van der Waals surface area contributed by atoms with Crippen molar-refractivity contribution in [2.45, 2.75) is 25.6 Å². The fourth-order valence-corrected chi connectivity index (χ4v) is 4.30. The second-order valence-corrected chi connectivity index (χ2v) is 8.12. The van der Waals surface area contributed by atoms with Crippen LogP contribution in [0, 0.1) is 5.82 Å². The van der Waals surface area contributed by atoms with Gasteiger partial charge in [-0.15, -0.1) is 11.3 Å². The number of aliphatic hydroxyl groups excluding tert-OH is 1. The van der Waals surface area contributed by atoms with E-state index < -0.39 is 18.0 Å². The highest BCUT2D eigenvalue weighted by molar-refractivity contribution is 7.17. The number of aliphatic hydroxyl groups is 1. The van der Waals surface area contributed by atoms with E-state index in [1.807, 2.05) is 6.07 Å². The second-order valence-electron chi connectivity index (χ2n) is 7.03. The topological polar surface area (TPSA) is 100 Å². The number of hydrogen-bond donors (Lipinski definition) is 2. The van der Waals surface area contributed by atoms with Gasteiger partial charge in [0.15, 0.2) is 6.10 Å². The molecule has 0 aliphatic carbocycles. The van der Waals surface area contributed by atoms with Crippen molar-refractivity contribution in [3.63, 3.8) is 0 Å². The highest BCUT2D eigenvalue weighted by Crippen LogP contribution is 2.34. The van der Waals surface area contributed by atoms with E-state index in [2.05, 4.69) is 10.5 Å². The molecular weight excluding hydrogens is 413 g/mol.